The smallest absolute Gasteiger partial charge is 0.337 e. The van der Waals surface area contributed by atoms with Crippen molar-refractivity contribution in [2.75, 3.05) is 32.6 Å². The van der Waals surface area contributed by atoms with Crippen LogP contribution in [0.2, 0.25) is 0 Å². The number of amides is 1. The van der Waals surface area contributed by atoms with Gasteiger partial charge in [0.15, 0.2) is 0 Å². The maximum atomic E-state index is 12.9. The molecule has 0 aromatic heterocycles. The normalized spacial score (nSPS) is 14.5. The third-order valence-corrected chi connectivity index (χ3v) is 6.28. The molecule has 0 unspecified atom stereocenters. The van der Waals surface area contributed by atoms with Crippen LogP contribution in [0.15, 0.2) is 60.7 Å². The number of hydrogen-bond donors (Lipinski definition) is 1. The summed E-state index contributed by atoms with van der Waals surface area (Å²) in [5.41, 5.74) is 2.00. The second-order valence-electron chi connectivity index (χ2n) is 8.46. The largest absolute Gasteiger partial charge is 0.465 e. The van der Waals surface area contributed by atoms with Gasteiger partial charge >= 0.3 is 11.9 Å². The number of likely N-dealkylation sites (tertiary alicyclic amines) is 1. The molecule has 0 radical (unpaired) electrons. The fourth-order valence-corrected chi connectivity index (χ4v) is 4.44. The number of nitrogens with zero attached hydrogens (tertiary/aromatic N) is 1. The summed E-state index contributed by atoms with van der Waals surface area (Å²) < 4.78 is 9.52. The third-order valence-electron chi connectivity index (χ3n) is 6.28. The minimum absolute atomic E-state index is 0.123. The fraction of sp³-hybridized carbons (Fsp3) is 0.296. The van der Waals surface area contributed by atoms with Crippen molar-refractivity contribution in [1.29, 1.82) is 0 Å². The predicted molar refractivity (Wildman–Crippen MR) is 130 cm³/mol. The van der Waals surface area contributed by atoms with E-state index in [0.717, 1.165) is 32.5 Å². The number of piperidine rings is 1. The van der Waals surface area contributed by atoms with Crippen LogP contribution in [0.4, 0.5) is 5.69 Å². The van der Waals surface area contributed by atoms with Gasteiger partial charge in [-0.3, -0.25) is 9.69 Å². The number of anilines is 1. The van der Waals surface area contributed by atoms with E-state index in [4.69, 9.17) is 9.47 Å². The Kier molecular flexibility index (Phi) is 7.23. The van der Waals surface area contributed by atoms with Gasteiger partial charge in [-0.25, -0.2) is 9.59 Å². The molecule has 7 nitrogen and oxygen atoms in total. The maximum absolute atomic E-state index is 12.9. The topological polar surface area (TPSA) is 84.9 Å². The summed E-state index contributed by atoms with van der Waals surface area (Å²) in [7, 11) is 2.52. The monoisotopic (exact) mass is 460 g/mol. The molecular weight excluding hydrogens is 432 g/mol. The zero-order valence-electron chi connectivity index (χ0n) is 19.4. The first-order valence-electron chi connectivity index (χ1n) is 11.3. The predicted octanol–water partition coefficient (Wildman–Crippen LogP) is 4.26. The molecule has 4 rings (SSSR count). The van der Waals surface area contributed by atoms with Crippen molar-refractivity contribution in [2.45, 2.75) is 19.4 Å². The summed E-state index contributed by atoms with van der Waals surface area (Å²) in [5.74, 6) is -1.46. The van der Waals surface area contributed by atoms with Crippen molar-refractivity contribution in [3.63, 3.8) is 0 Å². The van der Waals surface area contributed by atoms with E-state index in [9.17, 15) is 14.4 Å². The van der Waals surface area contributed by atoms with Gasteiger partial charge in [-0.15, -0.1) is 0 Å². The number of carbonyl (C=O) groups is 3. The van der Waals surface area contributed by atoms with Gasteiger partial charge in [0.25, 0.3) is 0 Å². The third kappa shape index (κ3) is 5.26. The Bertz CT molecular complexity index is 1180. The van der Waals surface area contributed by atoms with Crippen LogP contribution >= 0.6 is 0 Å². The van der Waals surface area contributed by atoms with Gasteiger partial charge in [0, 0.05) is 18.2 Å². The van der Waals surface area contributed by atoms with E-state index in [1.165, 1.54) is 48.8 Å². The van der Waals surface area contributed by atoms with E-state index in [-0.39, 0.29) is 23.0 Å². The summed E-state index contributed by atoms with van der Waals surface area (Å²) >= 11 is 0. The molecule has 1 amide bonds. The maximum Gasteiger partial charge on any atom is 0.337 e. The lowest BCUT2D eigenvalue weighted by Gasteiger charge is -2.31. The standard InChI is InChI=1S/C27H28N2O5/c1-33-26(31)21-14-22(27(32)34-2)16-23(15-21)28-25(30)19-10-12-29(13-11-19)17-20-8-5-7-18-6-3-4-9-24(18)20/h3-9,14-16,19H,10-13,17H2,1-2H3,(H,28,30). The Morgan fingerprint density at radius 3 is 2.15 bits per heavy atom. The molecule has 1 aliphatic rings. The molecule has 1 aliphatic heterocycles. The summed E-state index contributed by atoms with van der Waals surface area (Å²) in [6.07, 6.45) is 1.47. The van der Waals surface area contributed by atoms with Crippen molar-refractivity contribution in [2.24, 2.45) is 5.92 Å². The quantitative estimate of drug-likeness (QED) is 0.553. The number of rotatable bonds is 6. The molecule has 176 valence electrons. The van der Waals surface area contributed by atoms with E-state index in [2.05, 4.69) is 46.6 Å². The molecule has 1 N–H and O–H groups in total. The zero-order chi connectivity index (χ0) is 24.1. The van der Waals surface area contributed by atoms with Gasteiger partial charge in [0.05, 0.1) is 25.3 Å². The van der Waals surface area contributed by atoms with Crippen LogP contribution in [0.1, 0.15) is 39.1 Å². The second-order valence-corrected chi connectivity index (χ2v) is 8.46. The zero-order valence-corrected chi connectivity index (χ0v) is 19.4. The molecule has 1 saturated heterocycles. The molecule has 7 heteroatoms. The molecule has 1 fully saturated rings. The Hall–Kier alpha value is -3.71. The number of nitrogens with one attached hydrogen (secondary N) is 1. The van der Waals surface area contributed by atoms with Crippen LogP contribution in [0.3, 0.4) is 0 Å². The van der Waals surface area contributed by atoms with E-state index < -0.39 is 11.9 Å². The van der Waals surface area contributed by atoms with Gasteiger partial charge in [0.2, 0.25) is 5.91 Å². The number of carbonyl (C=O) groups excluding carboxylic acids is 3. The number of ether oxygens (including phenoxy) is 2. The van der Waals surface area contributed by atoms with Crippen LogP contribution in [0.25, 0.3) is 10.8 Å². The van der Waals surface area contributed by atoms with E-state index in [0.29, 0.717) is 5.69 Å². The number of benzene rings is 3. The first-order chi connectivity index (χ1) is 16.5. The van der Waals surface area contributed by atoms with E-state index in [1.54, 1.807) is 0 Å². The molecule has 0 saturated carbocycles. The highest BCUT2D eigenvalue weighted by Gasteiger charge is 2.26. The molecule has 0 aliphatic carbocycles. The van der Waals surface area contributed by atoms with Crippen LogP contribution in [-0.2, 0) is 20.8 Å². The summed E-state index contributed by atoms with van der Waals surface area (Å²) in [6.45, 7) is 2.48. The van der Waals surface area contributed by atoms with Crippen LogP contribution < -0.4 is 5.32 Å². The van der Waals surface area contributed by atoms with Gasteiger partial charge in [-0.1, -0.05) is 42.5 Å². The number of methoxy groups -OCH3 is 2. The Balaban J connectivity index is 1.40. The van der Waals surface area contributed by atoms with Gasteiger partial charge < -0.3 is 14.8 Å². The van der Waals surface area contributed by atoms with Gasteiger partial charge in [0.1, 0.15) is 0 Å². The lowest BCUT2D eigenvalue weighted by molar-refractivity contribution is -0.121. The average molecular weight is 461 g/mol. The number of esters is 2. The van der Waals surface area contributed by atoms with Gasteiger partial charge in [-0.2, -0.15) is 0 Å². The molecule has 1 heterocycles. The Morgan fingerprint density at radius 1 is 0.882 bits per heavy atom. The van der Waals surface area contributed by atoms with E-state index in [1.807, 2.05) is 6.07 Å². The van der Waals surface area contributed by atoms with Crippen molar-refractivity contribution < 1.29 is 23.9 Å². The highest BCUT2D eigenvalue weighted by molar-refractivity contribution is 6.00. The highest BCUT2D eigenvalue weighted by Crippen LogP contribution is 2.25. The van der Waals surface area contributed by atoms with Crippen LogP contribution in [-0.4, -0.2) is 50.1 Å². The van der Waals surface area contributed by atoms with E-state index >= 15 is 0 Å². The van der Waals surface area contributed by atoms with Crippen LogP contribution in [0, 0.1) is 5.92 Å². The van der Waals surface area contributed by atoms with Crippen LogP contribution in [0.5, 0.6) is 0 Å². The lowest BCUT2D eigenvalue weighted by Crippen LogP contribution is -2.37. The second kappa shape index (κ2) is 10.5. The summed E-state index contributed by atoms with van der Waals surface area (Å²) in [6, 6.07) is 19.1. The molecule has 0 atom stereocenters. The highest BCUT2D eigenvalue weighted by atomic mass is 16.5. The molecule has 34 heavy (non-hydrogen) atoms. The number of fused-ring (bicyclic) bond motifs is 1. The molecule has 0 spiro atoms. The summed E-state index contributed by atoms with van der Waals surface area (Å²) in [5, 5.41) is 5.36. The lowest BCUT2D eigenvalue weighted by atomic mass is 9.95. The number of hydrogen-bond acceptors (Lipinski definition) is 6. The van der Waals surface area contributed by atoms with Gasteiger partial charge in [-0.05, 0) is 60.5 Å². The molecule has 3 aromatic carbocycles. The minimum Gasteiger partial charge on any atom is -0.465 e. The molecule has 0 bridgehead atoms. The summed E-state index contributed by atoms with van der Waals surface area (Å²) in [4.78, 5) is 39.3. The molecule has 3 aromatic rings. The first-order valence-corrected chi connectivity index (χ1v) is 11.3. The average Bonchev–Trinajstić information content (AvgIpc) is 2.88. The van der Waals surface area contributed by atoms with Crippen molar-refractivity contribution in [1.82, 2.24) is 4.90 Å². The van der Waals surface area contributed by atoms with Crippen molar-refractivity contribution in [3.05, 3.63) is 77.4 Å². The van der Waals surface area contributed by atoms with Crippen molar-refractivity contribution in [3.8, 4) is 0 Å². The Morgan fingerprint density at radius 2 is 1.50 bits per heavy atom. The molecular formula is C27H28N2O5. The minimum atomic E-state index is -0.594. The van der Waals surface area contributed by atoms with Crippen molar-refractivity contribution >= 4 is 34.3 Å². The first kappa shape index (κ1) is 23.4. The Labute approximate surface area is 198 Å². The SMILES string of the molecule is COC(=O)c1cc(NC(=O)C2CCN(Cc3cccc4ccccc34)CC2)cc(C(=O)OC)c1. The fourth-order valence-electron chi connectivity index (χ4n) is 4.44.